The summed E-state index contributed by atoms with van der Waals surface area (Å²) < 4.78 is 4.92. The van der Waals surface area contributed by atoms with Gasteiger partial charge in [-0.2, -0.15) is 10.2 Å². The Kier molecular flexibility index (Phi) is 4.45. The molecule has 0 spiro atoms. The first kappa shape index (κ1) is 12.2. The number of hydrogen-bond acceptors (Lipinski definition) is 5. The van der Waals surface area contributed by atoms with Crippen LogP contribution in [0.25, 0.3) is 0 Å². The van der Waals surface area contributed by atoms with Gasteiger partial charge < -0.3 is 9.84 Å². The van der Waals surface area contributed by atoms with Gasteiger partial charge >= 0.3 is 0 Å². The predicted octanol–water partition coefficient (Wildman–Crippen LogP) is 0.912. The summed E-state index contributed by atoms with van der Waals surface area (Å²) in [7, 11) is 0. The highest BCUT2D eigenvalue weighted by atomic mass is 16.5. The number of amides is 1. The fourth-order valence-corrected chi connectivity index (χ4v) is 1.20. The molecule has 0 fully saturated rings. The molecule has 1 unspecified atom stereocenters. The van der Waals surface area contributed by atoms with Gasteiger partial charge in [-0.15, -0.1) is 0 Å². The van der Waals surface area contributed by atoms with Crippen molar-refractivity contribution in [2.45, 2.75) is 26.7 Å². The van der Waals surface area contributed by atoms with Crippen LogP contribution >= 0.6 is 0 Å². The molecule has 1 rings (SSSR count). The largest absolute Gasteiger partial charge is 0.349 e. The van der Waals surface area contributed by atoms with Crippen LogP contribution in [0.4, 0.5) is 0 Å². The van der Waals surface area contributed by atoms with Gasteiger partial charge in [0.15, 0.2) is 0 Å². The fraction of sp³-hybridized carbons (Fsp3) is 0.600. The lowest BCUT2D eigenvalue weighted by Crippen LogP contribution is -2.23. The fourth-order valence-electron chi connectivity index (χ4n) is 1.20. The smallest absolute Gasteiger partial charge is 0.292 e. The molecule has 0 saturated heterocycles. The zero-order valence-electron chi connectivity index (χ0n) is 9.36. The van der Waals surface area contributed by atoms with Crippen LogP contribution in [0.5, 0.6) is 0 Å². The summed E-state index contributed by atoms with van der Waals surface area (Å²) in [6.45, 7) is 4.25. The van der Waals surface area contributed by atoms with Crippen LogP contribution in [0.2, 0.25) is 0 Å². The van der Waals surface area contributed by atoms with E-state index in [0.29, 0.717) is 25.3 Å². The molecule has 0 aliphatic carbocycles. The van der Waals surface area contributed by atoms with Crippen molar-refractivity contribution in [2.24, 2.45) is 5.92 Å². The SMILES string of the molecule is CCNC(=O)c1noc(CC(C)CC#N)n1. The Morgan fingerprint density at radius 2 is 2.44 bits per heavy atom. The normalized spacial score (nSPS) is 11.8. The topological polar surface area (TPSA) is 91.8 Å². The molecule has 0 radical (unpaired) electrons. The van der Waals surface area contributed by atoms with Crippen LogP contribution in [0, 0.1) is 17.2 Å². The number of rotatable bonds is 5. The summed E-state index contributed by atoms with van der Waals surface area (Å²) in [5.41, 5.74) is 0. The van der Waals surface area contributed by atoms with Crippen molar-refractivity contribution in [1.29, 1.82) is 5.26 Å². The molecule has 1 aromatic rings. The predicted molar refractivity (Wildman–Crippen MR) is 55.4 cm³/mol. The molecule has 1 aromatic heterocycles. The van der Waals surface area contributed by atoms with Crippen molar-refractivity contribution in [1.82, 2.24) is 15.5 Å². The van der Waals surface area contributed by atoms with E-state index >= 15 is 0 Å². The molecule has 0 bridgehead atoms. The highest BCUT2D eigenvalue weighted by molar-refractivity contribution is 5.90. The lowest BCUT2D eigenvalue weighted by molar-refractivity contribution is 0.0942. The lowest BCUT2D eigenvalue weighted by atomic mass is 10.1. The first-order valence-electron chi connectivity index (χ1n) is 5.15. The van der Waals surface area contributed by atoms with Crippen LogP contribution < -0.4 is 5.32 Å². The number of carbonyl (C=O) groups is 1. The molecule has 1 heterocycles. The molecule has 1 atom stereocenters. The highest BCUT2D eigenvalue weighted by Crippen LogP contribution is 2.09. The van der Waals surface area contributed by atoms with Gasteiger partial charge in [0.25, 0.3) is 11.7 Å². The van der Waals surface area contributed by atoms with Crippen molar-refractivity contribution in [2.75, 3.05) is 6.54 Å². The number of nitriles is 1. The van der Waals surface area contributed by atoms with E-state index in [1.165, 1.54) is 0 Å². The van der Waals surface area contributed by atoms with Crippen molar-refractivity contribution in [3.8, 4) is 6.07 Å². The van der Waals surface area contributed by atoms with Crippen LogP contribution in [0.1, 0.15) is 36.8 Å². The van der Waals surface area contributed by atoms with Crippen molar-refractivity contribution in [3.63, 3.8) is 0 Å². The highest BCUT2D eigenvalue weighted by Gasteiger charge is 2.15. The second-order valence-electron chi connectivity index (χ2n) is 3.54. The van der Waals surface area contributed by atoms with Crippen molar-refractivity contribution < 1.29 is 9.32 Å². The van der Waals surface area contributed by atoms with Crippen LogP contribution in [-0.4, -0.2) is 22.6 Å². The first-order valence-corrected chi connectivity index (χ1v) is 5.15. The van der Waals surface area contributed by atoms with E-state index in [4.69, 9.17) is 9.78 Å². The first-order chi connectivity index (χ1) is 7.67. The maximum Gasteiger partial charge on any atom is 0.292 e. The Morgan fingerprint density at radius 1 is 1.69 bits per heavy atom. The Bertz CT molecular complexity index is 394. The van der Waals surface area contributed by atoms with Gasteiger partial charge in [-0.05, 0) is 12.8 Å². The van der Waals surface area contributed by atoms with Gasteiger partial charge in [0.2, 0.25) is 5.89 Å². The quantitative estimate of drug-likeness (QED) is 0.799. The summed E-state index contributed by atoms with van der Waals surface area (Å²) in [6, 6.07) is 2.07. The third-order valence-corrected chi connectivity index (χ3v) is 1.97. The molecule has 6 nitrogen and oxygen atoms in total. The minimum Gasteiger partial charge on any atom is -0.349 e. The molecule has 1 N–H and O–H groups in total. The third-order valence-electron chi connectivity index (χ3n) is 1.97. The number of aromatic nitrogens is 2. The van der Waals surface area contributed by atoms with Gasteiger partial charge in [-0.25, -0.2) is 0 Å². The maximum absolute atomic E-state index is 11.3. The molecule has 0 aliphatic rings. The van der Waals surface area contributed by atoms with E-state index in [1.54, 1.807) is 0 Å². The monoisotopic (exact) mass is 222 g/mol. The number of nitrogens with one attached hydrogen (secondary N) is 1. The van der Waals surface area contributed by atoms with Crippen LogP contribution in [-0.2, 0) is 6.42 Å². The van der Waals surface area contributed by atoms with Gasteiger partial charge in [0.1, 0.15) is 0 Å². The van der Waals surface area contributed by atoms with Gasteiger partial charge in [-0.1, -0.05) is 12.1 Å². The number of carbonyl (C=O) groups excluding carboxylic acids is 1. The van der Waals surface area contributed by atoms with E-state index in [-0.39, 0.29) is 17.6 Å². The number of nitrogens with zero attached hydrogens (tertiary/aromatic N) is 3. The van der Waals surface area contributed by atoms with E-state index in [9.17, 15) is 4.79 Å². The Hall–Kier alpha value is -1.90. The summed E-state index contributed by atoms with van der Waals surface area (Å²) in [5, 5.41) is 14.6. The summed E-state index contributed by atoms with van der Waals surface area (Å²) in [5.74, 6) is 0.239. The minimum atomic E-state index is -0.342. The summed E-state index contributed by atoms with van der Waals surface area (Å²) in [6.07, 6.45) is 0.943. The zero-order valence-corrected chi connectivity index (χ0v) is 9.36. The third kappa shape index (κ3) is 3.35. The second-order valence-corrected chi connectivity index (χ2v) is 3.54. The molecule has 0 aromatic carbocycles. The van der Waals surface area contributed by atoms with Crippen LogP contribution in [0.3, 0.4) is 0 Å². The lowest BCUT2D eigenvalue weighted by Gasteiger charge is -2.00. The van der Waals surface area contributed by atoms with Gasteiger partial charge in [0, 0.05) is 19.4 Å². The van der Waals surface area contributed by atoms with E-state index in [0.717, 1.165) is 0 Å². The molecule has 86 valence electrons. The van der Waals surface area contributed by atoms with Gasteiger partial charge in [0.05, 0.1) is 6.07 Å². The Labute approximate surface area is 93.6 Å². The Balaban J connectivity index is 2.58. The number of hydrogen-bond donors (Lipinski definition) is 1. The molecule has 1 amide bonds. The second kappa shape index (κ2) is 5.85. The Morgan fingerprint density at radius 3 is 3.06 bits per heavy atom. The summed E-state index contributed by atoms with van der Waals surface area (Å²) >= 11 is 0. The van der Waals surface area contributed by atoms with Gasteiger partial charge in [-0.3, -0.25) is 4.79 Å². The standard InChI is InChI=1S/C10H14N4O2/c1-3-12-10(15)9-13-8(16-14-9)6-7(2)4-5-11/h7H,3-4,6H2,1-2H3,(H,12,15). The average Bonchev–Trinajstić information content (AvgIpc) is 2.67. The van der Waals surface area contributed by atoms with E-state index < -0.39 is 0 Å². The minimum absolute atomic E-state index is 0.0426. The maximum atomic E-state index is 11.3. The summed E-state index contributed by atoms with van der Waals surface area (Å²) in [4.78, 5) is 15.3. The molecule has 0 saturated carbocycles. The average molecular weight is 222 g/mol. The molecule has 0 aliphatic heterocycles. The molecular weight excluding hydrogens is 208 g/mol. The van der Waals surface area contributed by atoms with E-state index in [1.807, 2.05) is 13.8 Å². The van der Waals surface area contributed by atoms with Crippen molar-refractivity contribution >= 4 is 5.91 Å². The molecule has 16 heavy (non-hydrogen) atoms. The molecular formula is C10H14N4O2. The van der Waals surface area contributed by atoms with Crippen LogP contribution in [0.15, 0.2) is 4.52 Å². The van der Waals surface area contributed by atoms with E-state index in [2.05, 4.69) is 21.5 Å². The zero-order chi connectivity index (χ0) is 12.0. The van der Waals surface area contributed by atoms with Crippen molar-refractivity contribution in [3.05, 3.63) is 11.7 Å². The molecule has 6 heteroatoms.